The van der Waals surface area contributed by atoms with Crippen LogP contribution in [0.2, 0.25) is 0 Å². The number of aromatic nitrogens is 2. The van der Waals surface area contributed by atoms with Crippen LogP contribution < -0.4 is 5.32 Å². The van der Waals surface area contributed by atoms with Crippen molar-refractivity contribution in [3.63, 3.8) is 0 Å². The van der Waals surface area contributed by atoms with E-state index in [1.54, 1.807) is 6.20 Å². The van der Waals surface area contributed by atoms with Crippen LogP contribution in [0.3, 0.4) is 0 Å². The predicted molar refractivity (Wildman–Crippen MR) is 78.1 cm³/mol. The molecule has 0 saturated carbocycles. The lowest BCUT2D eigenvalue weighted by atomic mass is 10.1. The number of hydrogen-bond acceptors (Lipinski definition) is 2. The van der Waals surface area contributed by atoms with Crippen molar-refractivity contribution in [2.45, 2.75) is 13.3 Å². The Morgan fingerprint density at radius 1 is 1.47 bits per heavy atom. The summed E-state index contributed by atoms with van der Waals surface area (Å²) in [5, 5.41) is 2.91. The lowest BCUT2D eigenvalue weighted by molar-refractivity contribution is 0.0953. The highest BCUT2D eigenvalue weighted by atomic mass is 79.9. The van der Waals surface area contributed by atoms with Gasteiger partial charge in [0.1, 0.15) is 5.82 Å². The molecule has 0 unspecified atom stereocenters. The Morgan fingerprint density at radius 2 is 2.26 bits per heavy atom. The van der Waals surface area contributed by atoms with Crippen LogP contribution in [0.1, 0.15) is 21.7 Å². The van der Waals surface area contributed by atoms with Crippen molar-refractivity contribution in [3.05, 3.63) is 52.0 Å². The number of nitrogens with one attached hydrogen (secondary N) is 1. The van der Waals surface area contributed by atoms with Crippen molar-refractivity contribution in [1.82, 2.24) is 14.9 Å². The Balaban J connectivity index is 1.94. The second kappa shape index (κ2) is 6.02. The molecule has 1 heterocycles. The number of halogens is 1. The van der Waals surface area contributed by atoms with Crippen molar-refractivity contribution < 1.29 is 4.79 Å². The van der Waals surface area contributed by atoms with Crippen molar-refractivity contribution in [1.29, 1.82) is 0 Å². The first-order chi connectivity index (χ1) is 9.08. The molecule has 0 aliphatic heterocycles. The number of hydrogen-bond donors (Lipinski definition) is 1. The largest absolute Gasteiger partial charge is 0.352 e. The number of imidazole rings is 1. The quantitative estimate of drug-likeness (QED) is 0.940. The summed E-state index contributed by atoms with van der Waals surface area (Å²) in [7, 11) is 1.95. The molecule has 5 heteroatoms. The second-order valence-electron chi connectivity index (χ2n) is 4.44. The van der Waals surface area contributed by atoms with Gasteiger partial charge in [-0.3, -0.25) is 4.79 Å². The molecule has 2 aromatic rings. The van der Waals surface area contributed by atoms with Crippen molar-refractivity contribution in [2.75, 3.05) is 6.54 Å². The van der Waals surface area contributed by atoms with Gasteiger partial charge in [0, 0.05) is 36.9 Å². The van der Waals surface area contributed by atoms with Crippen LogP contribution in [0, 0.1) is 6.92 Å². The number of nitrogens with zero attached hydrogens (tertiary/aromatic N) is 2. The minimum atomic E-state index is -0.0650. The molecule has 1 aromatic heterocycles. The van der Waals surface area contributed by atoms with E-state index in [-0.39, 0.29) is 5.91 Å². The highest BCUT2D eigenvalue weighted by Gasteiger charge is 2.10. The monoisotopic (exact) mass is 321 g/mol. The summed E-state index contributed by atoms with van der Waals surface area (Å²) < 4.78 is 2.77. The number of amides is 1. The highest BCUT2D eigenvalue weighted by Crippen LogP contribution is 2.17. The maximum absolute atomic E-state index is 12.1. The average Bonchev–Trinajstić information content (AvgIpc) is 2.78. The van der Waals surface area contributed by atoms with Crippen molar-refractivity contribution in [3.8, 4) is 0 Å². The molecule has 100 valence electrons. The number of aryl methyl sites for hydroxylation is 2. The third kappa shape index (κ3) is 3.44. The number of carbonyl (C=O) groups is 1. The number of benzene rings is 1. The van der Waals surface area contributed by atoms with Gasteiger partial charge in [0.2, 0.25) is 0 Å². The fraction of sp³-hybridized carbons (Fsp3) is 0.286. The smallest absolute Gasteiger partial charge is 0.252 e. The normalized spacial score (nSPS) is 10.5. The molecule has 0 bridgehead atoms. The minimum Gasteiger partial charge on any atom is -0.352 e. The van der Waals surface area contributed by atoms with Gasteiger partial charge >= 0.3 is 0 Å². The van der Waals surface area contributed by atoms with Gasteiger partial charge in [-0.05, 0) is 35.0 Å². The average molecular weight is 322 g/mol. The van der Waals surface area contributed by atoms with Gasteiger partial charge in [0.25, 0.3) is 5.91 Å². The standard InChI is InChI=1S/C14H16BrN3O/c1-10-3-4-12(15)11(9-10)14(19)17-6-5-13-16-7-8-18(13)2/h3-4,7-9H,5-6H2,1-2H3,(H,17,19). The Morgan fingerprint density at radius 3 is 2.95 bits per heavy atom. The first kappa shape index (κ1) is 13.8. The zero-order valence-electron chi connectivity index (χ0n) is 11.0. The predicted octanol–water partition coefficient (Wildman–Crippen LogP) is 2.46. The first-order valence-corrected chi connectivity index (χ1v) is 6.88. The molecule has 0 radical (unpaired) electrons. The SMILES string of the molecule is Cc1ccc(Br)c(C(=O)NCCc2nccn2C)c1. The lowest BCUT2D eigenvalue weighted by Gasteiger charge is -2.08. The Hall–Kier alpha value is -1.62. The second-order valence-corrected chi connectivity index (χ2v) is 5.30. The fourth-order valence-corrected chi connectivity index (χ4v) is 2.26. The van der Waals surface area contributed by atoms with E-state index in [0.717, 1.165) is 22.3 Å². The molecule has 19 heavy (non-hydrogen) atoms. The summed E-state index contributed by atoms with van der Waals surface area (Å²) in [6.07, 6.45) is 4.38. The van der Waals surface area contributed by atoms with Gasteiger partial charge in [0.05, 0.1) is 5.56 Å². The summed E-state index contributed by atoms with van der Waals surface area (Å²) in [6.45, 7) is 2.54. The summed E-state index contributed by atoms with van der Waals surface area (Å²) in [5.41, 5.74) is 1.73. The van der Waals surface area contributed by atoms with E-state index in [1.807, 2.05) is 42.9 Å². The van der Waals surface area contributed by atoms with Crippen LogP contribution in [0.5, 0.6) is 0 Å². The Bertz CT molecular complexity index is 592. The zero-order valence-corrected chi connectivity index (χ0v) is 12.6. The number of rotatable bonds is 4. The topological polar surface area (TPSA) is 46.9 Å². The molecule has 0 spiro atoms. The first-order valence-electron chi connectivity index (χ1n) is 6.08. The van der Waals surface area contributed by atoms with Crippen molar-refractivity contribution in [2.24, 2.45) is 7.05 Å². The van der Waals surface area contributed by atoms with Gasteiger partial charge in [-0.2, -0.15) is 0 Å². The molecule has 0 fully saturated rings. The van der Waals surface area contributed by atoms with Gasteiger partial charge in [-0.15, -0.1) is 0 Å². The molecule has 4 nitrogen and oxygen atoms in total. The molecule has 1 aromatic carbocycles. The maximum Gasteiger partial charge on any atom is 0.252 e. The maximum atomic E-state index is 12.1. The fourth-order valence-electron chi connectivity index (χ4n) is 1.83. The van der Waals surface area contributed by atoms with Crippen LogP contribution >= 0.6 is 15.9 Å². The lowest BCUT2D eigenvalue weighted by Crippen LogP contribution is -2.26. The molecular formula is C14H16BrN3O. The molecule has 0 saturated heterocycles. The molecular weight excluding hydrogens is 306 g/mol. The molecule has 0 atom stereocenters. The number of carbonyl (C=O) groups excluding carboxylic acids is 1. The van der Waals surface area contributed by atoms with Gasteiger partial charge in [-0.25, -0.2) is 4.98 Å². The van der Waals surface area contributed by atoms with E-state index in [4.69, 9.17) is 0 Å². The van der Waals surface area contributed by atoms with Crippen LogP contribution in [0.25, 0.3) is 0 Å². The molecule has 0 aliphatic rings. The van der Waals surface area contributed by atoms with Crippen LogP contribution in [-0.4, -0.2) is 22.0 Å². The third-order valence-electron chi connectivity index (χ3n) is 2.92. The van der Waals surface area contributed by atoms with Crippen LogP contribution in [0.4, 0.5) is 0 Å². The van der Waals surface area contributed by atoms with Crippen molar-refractivity contribution >= 4 is 21.8 Å². The van der Waals surface area contributed by atoms with Crippen LogP contribution in [0.15, 0.2) is 35.1 Å². The van der Waals surface area contributed by atoms with E-state index in [0.29, 0.717) is 12.1 Å². The molecule has 1 N–H and O–H groups in total. The van der Waals surface area contributed by atoms with Gasteiger partial charge in [-0.1, -0.05) is 11.6 Å². The summed E-state index contributed by atoms with van der Waals surface area (Å²) >= 11 is 3.40. The summed E-state index contributed by atoms with van der Waals surface area (Å²) in [5.74, 6) is 0.897. The van der Waals surface area contributed by atoms with E-state index in [2.05, 4.69) is 26.2 Å². The van der Waals surface area contributed by atoms with Gasteiger partial charge in [0.15, 0.2) is 0 Å². The molecule has 1 amide bonds. The summed E-state index contributed by atoms with van der Waals surface area (Å²) in [4.78, 5) is 16.3. The Kier molecular flexibility index (Phi) is 4.37. The molecule has 2 rings (SSSR count). The zero-order chi connectivity index (χ0) is 13.8. The van der Waals surface area contributed by atoms with E-state index >= 15 is 0 Å². The summed E-state index contributed by atoms with van der Waals surface area (Å²) in [6, 6.07) is 5.73. The minimum absolute atomic E-state index is 0.0650. The van der Waals surface area contributed by atoms with E-state index in [9.17, 15) is 4.79 Å². The van der Waals surface area contributed by atoms with Gasteiger partial charge < -0.3 is 9.88 Å². The Labute approximate surface area is 121 Å². The third-order valence-corrected chi connectivity index (χ3v) is 3.61. The van der Waals surface area contributed by atoms with E-state index < -0.39 is 0 Å². The molecule has 0 aliphatic carbocycles. The van der Waals surface area contributed by atoms with Crippen LogP contribution in [-0.2, 0) is 13.5 Å². The highest BCUT2D eigenvalue weighted by molar-refractivity contribution is 9.10. The van der Waals surface area contributed by atoms with E-state index in [1.165, 1.54) is 0 Å².